The zero-order valence-corrected chi connectivity index (χ0v) is 48.5. The van der Waals surface area contributed by atoms with Crippen LogP contribution in [0.15, 0.2) is 149 Å². The molecule has 17 heteroatoms. The van der Waals surface area contributed by atoms with Crippen molar-refractivity contribution in [3.8, 4) is 32.6 Å². The summed E-state index contributed by atoms with van der Waals surface area (Å²) in [6, 6.07) is 42.7. The van der Waals surface area contributed by atoms with E-state index in [9.17, 15) is 24.6 Å². The second kappa shape index (κ2) is 29.7. The molecule has 2 aliphatic rings. The molecule has 3 aromatic heterocycles. The van der Waals surface area contributed by atoms with Crippen LogP contribution in [-0.2, 0) is 50.9 Å². The van der Waals surface area contributed by atoms with Crippen molar-refractivity contribution in [2.75, 3.05) is 13.2 Å². The molecule has 0 bridgehead atoms. The number of hydrogen-bond donors (Lipinski definition) is 2. The highest BCUT2D eigenvalue weighted by Gasteiger charge is 2.39. The Balaban J connectivity index is 0.000000167. The van der Waals surface area contributed by atoms with E-state index < -0.39 is 12.1 Å². The number of aliphatic carboxylic acids is 1. The van der Waals surface area contributed by atoms with E-state index in [0.29, 0.717) is 43.4 Å². The predicted molar refractivity (Wildman–Crippen MR) is 318 cm³/mol. The number of oxime groups is 1. The number of ether oxygens (including phenoxy) is 2. The van der Waals surface area contributed by atoms with Crippen molar-refractivity contribution in [1.29, 1.82) is 0 Å². The van der Waals surface area contributed by atoms with Crippen LogP contribution in [0.2, 0.25) is 0 Å². The standard InChI is InChI=1S/C27H28N2O4S.C22H22N2O5.C15H18ClNS/c1-3-4-5-19-6-8-21(9-7-19)27-28-18(2)25(34-27)17-32-22-12-10-20(11-13-22)23(16-26(30)31)24-14-15-33-29-24;25-18-8-6-16(7-9-18)19(20-10-11-29-23-20)13-21(26)24-17(14-28-22(24)27)12-15-4-2-1-3-5-15;1-3-4-5-12-6-8-13(9-7-12)15-17-11(2)14(10-16)18-15/h6-15,23H,3-5,16-17H2,1-2H3,(H,30,31);1-9,17,19,25H,10-14H2;6-9H,3-5,10H2,1-2H3/t23-;17-,19-;/m00./s1. The first-order valence-electron chi connectivity index (χ1n) is 27.4. The van der Waals surface area contributed by atoms with Gasteiger partial charge in [-0.2, -0.15) is 0 Å². The van der Waals surface area contributed by atoms with Gasteiger partial charge in [-0.25, -0.2) is 19.7 Å². The largest absolute Gasteiger partial charge is 0.508 e. The van der Waals surface area contributed by atoms with Gasteiger partial charge in [0.05, 0.1) is 46.0 Å². The normalized spacial score (nSPS) is 14.4. The maximum Gasteiger partial charge on any atom is 0.416 e. The Morgan fingerprint density at radius 1 is 0.741 bits per heavy atom. The average Bonchev–Trinajstić information content (AvgIpc) is 4.37. The van der Waals surface area contributed by atoms with Crippen LogP contribution in [0.3, 0.4) is 0 Å². The third-order valence-corrected chi connectivity index (χ3v) is 16.9. The van der Waals surface area contributed by atoms with Crippen LogP contribution in [0.5, 0.6) is 11.5 Å². The highest BCUT2D eigenvalue weighted by Crippen LogP contribution is 2.34. The summed E-state index contributed by atoms with van der Waals surface area (Å²) < 4.78 is 16.1. The van der Waals surface area contributed by atoms with Crippen LogP contribution in [0.25, 0.3) is 21.1 Å². The molecule has 2 N–H and O–H groups in total. The van der Waals surface area contributed by atoms with Gasteiger partial charge in [0.1, 0.15) is 47.6 Å². The number of phenolic OH excluding ortho intramolecular Hbond substituents is 1. The number of carbonyl (C=O) groups is 3. The molecule has 0 spiro atoms. The summed E-state index contributed by atoms with van der Waals surface area (Å²) in [4.78, 5) is 54.7. The number of hydrogen-bond acceptors (Lipinski definition) is 14. The lowest BCUT2D eigenvalue weighted by molar-refractivity contribution is -0.137. The fourth-order valence-electron chi connectivity index (χ4n) is 9.44. The molecule has 1 fully saturated rings. The van der Waals surface area contributed by atoms with E-state index >= 15 is 0 Å². The average molecular weight is 1150 g/mol. The SMILES string of the molecule is CCCCc1ccc(-c2nc(C)c(CCl)s2)cc1.CCCCc1ccc(-c2nc(C)c(COc3ccc([C@H](CC(=O)O)c4ccon4)cc3)s2)cc1.O=C(C[C@H](C1=NOCC1)c1ccc(O)cc1)N1C(=O)OC[C@@H]1Cc1ccccc1. The minimum absolute atomic E-state index is 0.0604. The molecule has 14 nitrogen and oxygen atoms in total. The molecule has 422 valence electrons. The molecule has 0 saturated carbocycles. The van der Waals surface area contributed by atoms with Crippen molar-refractivity contribution < 1.29 is 43.4 Å². The summed E-state index contributed by atoms with van der Waals surface area (Å²) in [6.45, 7) is 9.55. The number of thiazole rings is 2. The van der Waals surface area contributed by atoms with E-state index in [4.69, 9.17) is 35.4 Å². The highest BCUT2D eigenvalue weighted by molar-refractivity contribution is 7.15. The number of halogens is 1. The number of carbonyl (C=O) groups excluding carboxylic acids is 2. The Morgan fingerprint density at radius 3 is 1.88 bits per heavy atom. The van der Waals surface area contributed by atoms with Crippen LogP contribution in [0, 0.1) is 13.8 Å². The molecular weight excluding hydrogens is 1080 g/mol. The smallest absolute Gasteiger partial charge is 0.416 e. The molecular formula is C64H68ClN5O9S2. The van der Waals surface area contributed by atoms with Crippen LogP contribution >= 0.6 is 34.3 Å². The van der Waals surface area contributed by atoms with Gasteiger partial charge in [-0.1, -0.05) is 140 Å². The first-order chi connectivity index (χ1) is 39.4. The van der Waals surface area contributed by atoms with Crippen LogP contribution in [0.4, 0.5) is 4.79 Å². The lowest BCUT2D eigenvalue weighted by atomic mass is 9.89. The van der Waals surface area contributed by atoms with Gasteiger partial charge in [0.25, 0.3) is 0 Å². The number of imide groups is 1. The molecule has 0 aliphatic carbocycles. The molecule has 10 rings (SSSR count). The van der Waals surface area contributed by atoms with E-state index in [2.05, 4.69) is 77.7 Å². The monoisotopic (exact) mass is 1150 g/mol. The minimum Gasteiger partial charge on any atom is -0.508 e. The fraction of sp³-hybridized carbons (Fsp3) is 0.328. The Labute approximate surface area is 486 Å². The van der Waals surface area contributed by atoms with Gasteiger partial charge in [-0.3, -0.25) is 9.59 Å². The number of nitrogens with zero attached hydrogens (tertiary/aromatic N) is 5. The second-order valence-corrected chi connectivity index (χ2v) is 22.4. The van der Waals surface area contributed by atoms with Gasteiger partial charge in [-0.15, -0.1) is 34.3 Å². The molecule has 5 heterocycles. The number of phenols is 1. The molecule has 1 saturated heterocycles. The van der Waals surface area contributed by atoms with Crippen LogP contribution in [0.1, 0.15) is 125 Å². The van der Waals surface area contributed by atoms with Crippen LogP contribution in [-0.4, -0.2) is 73.2 Å². The summed E-state index contributed by atoms with van der Waals surface area (Å²) in [7, 11) is 0. The van der Waals surface area contributed by atoms with Gasteiger partial charge in [0, 0.05) is 46.7 Å². The third-order valence-electron chi connectivity index (χ3n) is 14.0. The van der Waals surface area contributed by atoms with Crippen molar-refractivity contribution in [3.63, 3.8) is 0 Å². The zero-order valence-electron chi connectivity index (χ0n) is 46.1. The fourth-order valence-corrected chi connectivity index (χ4v) is 11.7. The van der Waals surface area contributed by atoms with E-state index in [0.717, 1.165) is 60.7 Å². The molecule has 3 atom stereocenters. The van der Waals surface area contributed by atoms with E-state index in [1.54, 1.807) is 53.0 Å². The van der Waals surface area contributed by atoms with Gasteiger partial charge in [-0.05, 0) is 98.0 Å². The maximum atomic E-state index is 13.1. The number of benzene rings is 5. The summed E-state index contributed by atoms with van der Waals surface area (Å²) >= 11 is 9.23. The molecule has 0 unspecified atom stereocenters. The second-order valence-electron chi connectivity index (χ2n) is 19.9. The number of amides is 2. The predicted octanol–water partition coefficient (Wildman–Crippen LogP) is 15.1. The van der Waals surface area contributed by atoms with Gasteiger partial charge in [0.15, 0.2) is 0 Å². The number of rotatable bonds is 22. The van der Waals surface area contributed by atoms with Gasteiger partial charge < -0.3 is 29.0 Å². The van der Waals surface area contributed by atoms with E-state index in [1.807, 2.05) is 68.4 Å². The van der Waals surface area contributed by atoms with Gasteiger partial charge in [0.2, 0.25) is 5.91 Å². The van der Waals surface area contributed by atoms with E-state index in [1.165, 1.54) is 64.8 Å². The number of aromatic hydroxyl groups is 1. The Kier molecular flexibility index (Phi) is 21.8. The number of aryl methyl sites for hydroxylation is 4. The Hall–Kier alpha value is -7.66. The molecule has 0 radical (unpaired) electrons. The number of carboxylic acid groups (broad SMARTS) is 1. The lowest BCUT2D eigenvalue weighted by Crippen LogP contribution is -2.41. The molecule has 5 aromatic carbocycles. The number of alkyl halides is 1. The molecule has 8 aromatic rings. The lowest BCUT2D eigenvalue weighted by Gasteiger charge is -2.23. The topological polar surface area (TPSA) is 187 Å². The molecule has 81 heavy (non-hydrogen) atoms. The molecule has 2 amide bonds. The number of cyclic esters (lactones) is 1. The summed E-state index contributed by atoms with van der Waals surface area (Å²) in [5.74, 6) is -0.470. The summed E-state index contributed by atoms with van der Waals surface area (Å²) in [5, 5.41) is 28.9. The van der Waals surface area contributed by atoms with Crippen molar-refractivity contribution in [2.24, 2.45) is 5.16 Å². The van der Waals surface area contributed by atoms with Crippen molar-refractivity contribution >= 4 is 58.0 Å². The number of aromatic nitrogens is 3. The Bertz CT molecular complexity index is 3290. The van der Waals surface area contributed by atoms with Crippen molar-refractivity contribution in [2.45, 2.75) is 122 Å². The van der Waals surface area contributed by atoms with E-state index in [-0.39, 0.29) is 49.0 Å². The minimum atomic E-state index is -0.889. The number of unbranched alkanes of at least 4 members (excludes halogenated alkanes) is 2. The van der Waals surface area contributed by atoms with Crippen LogP contribution < -0.4 is 4.74 Å². The summed E-state index contributed by atoms with van der Waals surface area (Å²) in [6.07, 6.45) is 9.22. The van der Waals surface area contributed by atoms with Crippen molar-refractivity contribution in [3.05, 3.63) is 194 Å². The maximum absolute atomic E-state index is 13.1. The quantitative estimate of drug-likeness (QED) is 0.0613. The van der Waals surface area contributed by atoms with Crippen molar-refractivity contribution in [1.82, 2.24) is 20.0 Å². The zero-order chi connectivity index (χ0) is 57.1. The highest BCUT2D eigenvalue weighted by atomic mass is 35.5. The summed E-state index contributed by atoms with van der Waals surface area (Å²) in [5.41, 5.74) is 11.2. The Morgan fingerprint density at radius 2 is 1.33 bits per heavy atom. The first kappa shape index (κ1) is 59.5. The molecule has 2 aliphatic heterocycles. The number of carboxylic acids is 1. The third kappa shape index (κ3) is 16.7. The first-order valence-corrected chi connectivity index (χ1v) is 29.6. The van der Waals surface area contributed by atoms with Gasteiger partial charge >= 0.3 is 12.1 Å².